The molecule has 0 aromatic heterocycles. The lowest BCUT2D eigenvalue weighted by atomic mass is 10.0. The van der Waals surface area contributed by atoms with Crippen LogP contribution in [0.5, 0.6) is 23.0 Å². The van der Waals surface area contributed by atoms with Gasteiger partial charge in [-0.2, -0.15) is 0 Å². The maximum Gasteiger partial charge on any atom is 0.239 e. The van der Waals surface area contributed by atoms with Crippen LogP contribution in [0, 0.1) is 0 Å². The Kier molecular flexibility index (Phi) is 16.6. The van der Waals surface area contributed by atoms with Crippen molar-refractivity contribution >= 4 is 79.3 Å². The minimum Gasteiger partial charge on any atom is -0.496 e. The van der Waals surface area contributed by atoms with Crippen LogP contribution in [0.25, 0.3) is 23.0 Å². The minimum atomic E-state index is -4.22. The van der Waals surface area contributed by atoms with Crippen molar-refractivity contribution in [3.05, 3.63) is 106 Å². The second-order valence-electron chi connectivity index (χ2n) is 12.3. The molecule has 0 radical (unpaired) electrons. The molecule has 0 bridgehead atoms. The smallest absolute Gasteiger partial charge is 0.239 e. The number of amides is 2. The van der Waals surface area contributed by atoms with Gasteiger partial charge in [-0.15, -0.1) is 23.2 Å². The Morgan fingerprint density at radius 1 is 0.492 bits per heavy atom. The molecule has 0 aliphatic heterocycles. The summed E-state index contributed by atoms with van der Waals surface area (Å²) < 4.78 is 75.5. The van der Waals surface area contributed by atoms with E-state index in [1.54, 1.807) is 48.5 Å². The molecule has 316 valence electrons. The molecule has 0 saturated carbocycles. The van der Waals surface area contributed by atoms with Gasteiger partial charge in [-0.1, -0.05) is 24.3 Å². The molecule has 4 aromatic rings. The summed E-state index contributed by atoms with van der Waals surface area (Å²) in [5.41, 5.74) is 2.24. The van der Waals surface area contributed by atoms with Gasteiger partial charge >= 0.3 is 0 Å². The average molecular weight is 874 g/mol. The van der Waals surface area contributed by atoms with Gasteiger partial charge in [0.15, 0.2) is 32.9 Å². The normalized spacial score (nSPS) is 12.0. The van der Waals surface area contributed by atoms with Crippen LogP contribution >= 0.6 is 23.2 Å². The van der Waals surface area contributed by atoms with Crippen molar-refractivity contribution in [2.24, 2.45) is 0 Å². The Bertz CT molecular complexity index is 2180. The Hall–Kier alpha value is -5.77. The van der Waals surface area contributed by atoms with Gasteiger partial charge in [-0.25, -0.2) is 8.42 Å². The van der Waals surface area contributed by atoms with Crippen molar-refractivity contribution in [2.45, 2.75) is 11.5 Å². The summed E-state index contributed by atoms with van der Waals surface area (Å²) in [7, 11) is 7.27. The van der Waals surface area contributed by atoms with Crippen LogP contribution in [0.2, 0.25) is 0 Å². The fourth-order valence-corrected chi connectivity index (χ4v) is 7.96. The Morgan fingerprint density at radius 2 is 0.814 bits per heavy atom. The number of ether oxygens (including phenoxy) is 8. The van der Waals surface area contributed by atoms with Crippen molar-refractivity contribution in [2.75, 3.05) is 79.3 Å². The number of anilines is 2. The molecule has 14 nitrogen and oxygen atoms in total. The molecule has 0 fully saturated rings. The molecule has 59 heavy (non-hydrogen) atoms. The zero-order chi connectivity index (χ0) is 43.3. The summed E-state index contributed by atoms with van der Waals surface area (Å²) in [6.45, 7) is 0. The van der Waals surface area contributed by atoms with Gasteiger partial charge in [-0.05, 0) is 59.7 Å². The van der Waals surface area contributed by atoms with Crippen LogP contribution < -0.4 is 29.6 Å². The molecular formula is C42H46Cl2N2O12S. The first-order valence-electron chi connectivity index (χ1n) is 17.6. The Labute approximate surface area is 353 Å². The number of methoxy groups -OCH3 is 8. The van der Waals surface area contributed by atoms with Crippen molar-refractivity contribution in [1.82, 2.24) is 0 Å². The number of carbonyl (C=O) groups excluding carboxylic acids is 2. The molecule has 4 aromatic carbocycles. The molecule has 0 unspecified atom stereocenters. The molecule has 0 spiro atoms. The number of alkyl halides is 2. The predicted octanol–water partition coefficient (Wildman–Crippen LogP) is 7.43. The van der Waals surface area contributed by atoms with E-state index in [0.29, 0.717) is 22.6 Å². The summed E-state index contributed by atoms with van der Waals surface area (Å²) in [6, 6.07) is 20.1. The van der Waals surface area contributed by atoms with Crippen molar-refractivity contribution in [1.29, 1.82) is 0 Å². The molecule has 2 N–H and O–H groups in total. The van der Waals surface area contributed by atoms with E-state index >= 15 is 0 Å². The highest BCUT2D eigenvalue weighted by atomic mass is 35.5. The highest BCUT2D eigenvalue weighted by Crippen LogP contribution is 2.41. The number of para-hydroxylation sites is 2. The van der Waals surface area contributed by atoms with Crippen LogP contribution in [0.4, 0.5) is 11.4 Å². The maximum absolute atomic E-state index is 14.7. The quantitative estimate of drug-likeness (QED) is 0.0513. The number of halogens is 2. The van der Waals surface area contributed by atoms with E-state index in [9.17, 15) is 18.0 Å². The Morgan fingerprint density at radius 3 is 1.12 bits per heavy atom. The molecular weight excluding hydrogens is 827 g/mol. The summed E-state index contributed by atoms with van der Waals surface area (Å²) in [6.07, 6.45) is 0. The molecule has 0 heterocycles. The summed E-state index contributed by atoms with van der Waals surface area (Å²) >= 11 is 11.7. The number of hydrogen-bond acceptors (Lipinski definition) is 12. The number of nitrogens with one attached hydrogen (secondary N) is 2. The lowest BCUT2D eigenvalue weighted by Crippen LogP contribution is -2.17. The molecule has 17 heteroatoms. The van der Waals surface area contributed by atoms with Crippen LogP contribution in [-0.4, -0.2) is 88.9 Å². The first kappa shape index (κ1) is 45.9. The van der Waals surface area contributed by atoms with Crippen LogP contribution in [-0.2, 0) is 49.9 Å². The standard InChI is InChI=1S/C42H46Cl2N2O12S/c1-51-33-15-11-9-13-27(33)39(55-5)41(57-7)29-19-35(53-3)31(45-37(47)21-43)17-25(29)23-59(49,50)24-26-18-32(46-38(48)22-44)36(54-4)20-30(26)42(58-8)40(56-6)28-14-10-12-16-34(28)52-2/h9-20H,21-24H2,1-8H3,(H,45,47)(H,46,48). The first-order chi connectivity index (χ1) is 28.4. The van der Waals surface area contributed by atoms with E-state index in [1.165, 1.54) is 81.1 Å². The highest BCUT2D eigenvalue weighted by molar-refractivity contribution is 7.89. The van der Waals surface area contributed by atoms with Crippen LogP contribution in [0.1, 0.15) is 33.4 Å². The van der Waals surface area contributed by atoms with Crippen LogP contribution in [0.15, 0.2) is 72.8 Å². The largest absolute Gasteiger partial charge is 0.496 e. The molecule has 2 amide bonds. The third-order valence-corrected chi connectivity index (χ3v) is 10.8. The second kappa shape index (κ2) is 21.3. The zero-order valence-corrected chi connectivity index (χ0v) is 36.1. The number of carbonyl (C=O) groups is 2. The van der Waals surface area contributed by atoms with E-state index in [4.69, 9.17) is 61.1 Å². The zero-order valence-electron chi connectivity index (χ0n) is 33.8. The van der Waals surface area contributed by atoms with Gasteiger partial charge < -0.3 is 48.5 Å². The summed E-state index contributed by atoms with van der Waals surface area (Å²) in [5, 5.41) is 5.35. The molecule has 0 atom stereocenters. The first-order valence-corrected chi connectivity index (χ1v) is 20.5. The van der Waals surface area contributed by atoms with E-state index in [-0.39, 0.29) is 79.9 Å². The van der Waals surface area contributed by atoms with Crippen molar-refractivity contribution < 1.29 is 55.9 Å². The van der Waals surface area contributed by atoms with Crippen molar-refractivity contribution in [3.63, 3.8) is 0 Å². The van der Waals surface area contributed by atoms with Gasteiger partial charge in [0, 0.05) is 11.1 Å². The average Bonchev–Trinajstić information content (AvgIpc) is 3.24. The van der Waals surface area contributed by atoms with Gasteiger partial charge in [0.2, 0.25) is 11.8 Å². The van der Waals surface area contributed by atoms with Gasteiger partial charge in [0.25, 0.3) is 0 Å². The minimum absolute atomic E-state index is 0.137. The number of benzene rings is 4. The van der Waals surface area contributed by atoms with E-state index in [1.807, 2.05) is 0 Å². The number of hydrogen-bond donors (Lipinski definition) is 2. The van der Waals surface area contributed by atoms with Crippen molar-refractivity contribution in [3.8, 4) is 23.0 Å². The molecule has 0 aliphatic carbocycles. The number of rotatable bonds is 20. The summed E-state index contributed by atoms with van der Waals surface area (Å²) in [4.78, 5) is 25.1. The molecule has 0 saturated heterocycles. The van der Waals surface area contributed by atoms with E-state index in [0.717, 1.165) is 0 Å². The SMILES string of the molecule is COC(=C(OC)c1ccccc1OC)c1cc(OC)c(NC(=O)CCl)cc1CS(=O)(=O)Cc1cc(NC(=O)CCl)c(OC)cc1C(OC)=C(OC)c1ccccc1OC. The van der Waals surface area contributed by atoms with Crippen LogP contribution in [0.3, 0.4) is 0 Å². The van der Waals surface area contributed by atoms with E-state index in [2.05, 4.69) is 10.6 Å². The topological polar surface area (TPSA) is 166 Å². The second-order valence-corrected chi connectivity index (χ2v) is 14.9. The monoisotopic (exact) mass is 872 g/mol. The third kappa shape index (κ3) is 10.8. The highest BCUT2D eigenvalue weighted by Gasteiger charge is 2.28. The van der Waals surface area contributed by atoms with E-state index < -0.39 is 33.2 Å². The molecule has 0 aliphatic rings. The lowest BCUT2D eigenvalue weighted by molar-refractivity contribution is -0.114. The maximum atomic E-state index is 14.7. The number of sulfone groups is 1. The predicted molar refractivity (Wildman–Crippen MR) is 229 cm³/mol. The van der Waals surface area contributed by atoms with Gasteiger partial charge in [0.05, 0.1) is 90.9 Å². The molecule has 4 rings (SSSR count). The van der Waals surface area contributed by atoms with Gasteiger partial charge in [0.1, 0.15) is 34.8 Å². The Balaban J connectivity index is 2.03. The lowest BCUT2D eigenvalue weighted by Gasteiger charge is -2.22. The fourth-order valence-electron chi connectivity index (χ4n) is 6.30. The van der Waals surface area contributed by atoms with Gasteiger partial charge in [-0.3, -0.25) is 9.59 Å². The summed E-state index contributed by atoms with van der Waals surface area (Å²) in [5.74, 6) is -1.10. The fraction of sp³-hybridized carbons (Fsp3) is 0.286. The third-order valence-electron chi connectivity index (χ3n) is 8.81.